The Labute approximate surface area is 94.6 Å². The SMILES string of the molecule is Fc1ccc(C2=CC[C@H]3CCNC[C@@H]23)cn1. The average molecular weight is 218 g/mol. The van der Waals surface area contributed by atoms with Crippen LogP contribution in [0.2, 0.25) is 0 Å². The Kier molecular flexibility index (Phi) is 2.48. The average Bonchev–Trinajstić information content (AvgIpc) is 2.74. The quantitative estimate of drug-likeness (QED) is 0.731. The molecule has 0 amide bonds. The standard InChI is InChI=1S/C13H15FN2/c14-13-4-2-10(7-16-13)11-3-1-9-5-6-15-8-12(9)11/h2-4,7,9,12,15H,1,5-6,8H2/t9-,12+/m0/s1. The first-order valence-electron chi connectivity index (χ1n) is 5.87. The van der Waals surface area contributed by atoms with Crippen molar-refractivity contribution >= 4 is 5.57 Å². The molecule has 16 heavy (non-hydrogen) atoms. The molecule has 1 saturated heterocycles. The van der Waals surface area contributed by atoms with Crippen molar-refractivity contribution in [3.8, 4) is 0 Å². The maximum Gasteiger partial charge on any atom is 0.212 e. The van der Waals surface area contributed by atoms with Gasteiger partial charge in [-0.05, 0) is 54.5 Å². The van der Waals surface area contributed by atoms with Crippen LogP contribution in [0.3, 0.4) is 0 Å². The predicted molar refractivity (Wildman–Crippen MR) is 61.3 cm³/mol. The first kappa shape index (κ1) is 9.97. The Morgan fingerprint density at radius 2 is 2.31 bits per heavy atom. The van der Waals surface area contributed by atoms with Crippen LogP contribution in [-0.4, -0.2) is 18.1 Å². The molecule has 1 aliphatic carbocycles. The summed E-state index contributed by atoms with van der Waals surface area (Å²) in [6, 6.07) is 3.28. The molecule has 1 aromatic heterocycles. The van der Waals surface area contributed by atoms with E-state index in [-0.39, 0.29) is 0 Å². The molecule has 0 spiro atoms. The molecule has 2 heterocycles. The molecule has 0 unspecified atom stereocenters. The second-order valence-corrected chi connectivity index (χ2v) is 4.62. The summed E-state index contributed by atoms with van der Waals surface area (Å²) in [5.74, 6) is 0.975. The van der Waals surface area contributed by atoms with Crippen molar-refractivity contribution in [2.24, 2.45) is 11.8 Å². The van der Waals surface area contributed by atoms with Gasteiger partial charge in [0.05, 0.1) is 0 Å². The van der Waals surface area contributed by atoms with Crippen molar-refractivity contribution in [1.29, 1.82) is 0 Å². The van der Waals surface area contributed by atoms with E-state index in [0.717, 1.165) is 24.6 Å². The highest BCUT2D eigenvalue weighted by Gasteiger charge is 2.32. The number of rotatable bonds is 1. The number of aromatic nitrogens is 1. The van der Waals surface area contributed by atoms with Crippen molar-refractivity contribution in [3.05, 3.63) is 35.9 Å². The molecule has 0 saturated carbocycles. The van der Waals surface area contributed by atoms with Crippen molar-refractivity contribution in [2.75, 3.05) is 13.1 Å². The van der Waals surface area contributed by atoms with E-state index in [1.807, 2.05) is 6.07 Å². The normalized spacial score (nSPS) is 28.7. The van der Waals surface area contributed by atoms with E-state index in [2.05, 4.69) is 16.4 Å². The van der Waals surface area contributed by atoms with E-state index in [4.69, 9.17) is 0 Å². The van der Waals surface area contributed by atoms with E-state index >= 15 is 0 Å². The van der Waals surface area contributed by atoms with Gasteiger partial charge in [0.2, 0.25) is 5.95 Å². The van der Waals surface area contributed by atoms with Gasteiger partial charge in [0.15, 0.2) is 0 Å². The van der Waals surface area contributed by atoms with Crippen molar-refractivity contribution in [1.82, 2.24) is 10.3 Å². The largest absolute Gasteiger partial charge is 0.316 e. The number of nitrogens with zero attached hydrogens (tertiary/aromatic N) is 1. The van der Waals surface area contributed by atoms with Crippen LogP contribution in [-0.2, 0) is 0 Å². The second kappa shape index (κ2) is 3.98. The van der Waals surface area contributed by atoms with Crippen LogP contribution in [0, 0.1) is 17.8 Å². The van der Waals surface area contributed by atoms with E-state index in [1.54, 1.807) is 6.20 Å². The number of fused-ring (bicyclic) bond motifs is 1. The fourth-order valence-corrected chi connectivity index (χ4v) is 2.87. The molecule has 3 rings (SSSR count). The van der Waals surface area contributed by atoms with Crippen LogP contribution in [0.5, 0.6) is 0 Å². The zero-order chi connectivity index (χ0) is 11.0. The van der Waals surface area contributed by atoms with Crippen LogP contribution >= 0.6 is 0 Å². The summed E-state index contributed by atoms with van der Waals surface area (Å²) in [7, 11) is 0. The Bertz CT molecular complexity index is 410. The van der Waals surface area contributed by atoms with E-state index < -0.39 is 5.95 Å². The lowest BCUT2D eigenvalue weighted by atomic mass is 9.84. The molecule has 2 aliphatic rings. The second-order valence-electron chi connectivity index (χ2n) is 4.62. The molecule has 2 nitrogen and oxygen atoms in total. The van der Waals surface area contributed by atoms with Gasteiger partial charge in [-0.3, -0.25) is 0 Å². The topological polar surface area (TPSA) is 24.9 Å². The summed E-state index contributed by atoms with van der Waals surface area (Å²) in [5.41, 5.74) is 2.43. The minimum atomic E-state index is -0.402. The van der Waals surface area contributed by atoms with Crippen molar-refractivity contribution in [3.63, 3.8) is 0 Å². The van der Waals surface area contributed by atoms with Gasteiger partial charge in [0.1, 0.15) is 0 Å². The monoisotopic (exact) mass is 218 g/mol. The zero-order valence-electron chi connectivity index (χ0n) is 9.12. The van der Waals surface area contributed by atoms with Crippen molar-refractivity contribution < 1.29 is 4.39 Å². The number of piperidine rings is 1. The highest BCUT2D eigenvalue weighted by Crippen LogP contribution is 2.40. The summed E-state index contributed by atoms with van der Waals surface area (Å²) in [5, 5.41) is 3.43. The minimum absolute atomic E-state index is 0.402. The third kappa shape index (κ3) is 1.65. The summed E-state index contributed by atoms with van der Waals surface area (Å²) < 4.78 is 12.8. The number of hydrogen-bond acceptors (Lipinski definition) is 2. The highest BCUT2D eigenvalue weighted by molar-refractivity contribution is 5.69. The van der Waals surface area contributed by atoms with Gasteiger partial charge in [0, 0.05) is 12.7 Å². The lowest BCUT2D eigenvalue weighted by Crippen LogP contribution is -2.34. The van der Waals surface area contributed by atoms with Crippen LogP contribution in [0.15, 0.2) is 24.4 Å². The minimum Gasteiger partial charge on any atom is -0.316 e. The molecule has 1 aromatic rings. The summed E-state index contributed by atoms with van der Waals surface area (Å²) in [6.07, 6.45) is 6.37. The molecule has 0 bridgehead atoms. The lowest BCUT2D eigenvalue weighted by molar-refractivity contribution is 0.328. The third-order valence-electron chi connectivity index (χ3n) is 3.73. The van der Waals surface area contributed by atoms with E-state index in [0.29, 0.717) is 5.92 Å². The molecule has 1 N–H and O–H groups in total. The lowest BCUT2D eigenvalue weighted by Gasteiger charge is -2.28. The van der Waals surface area contributed by atoms with E-state index in [1.165, 1.54) is 24.5 Å². The predicted octanol–water partition coefficient (Wildman–Crippen LogP) is 2.23. The molecular weight excluding hydrogens is 203 g/mol. The van der Waals surface area contributed by atoms with E-state index in [9.17, 15) is 4.39 Å². The zero-order valence-corrected chi connectivity index (χ0v) is 9.12. The fourth-order valence-electron chi connectivity index (χ4n) is 2.87. The smallest absolute Gasteiger partial charge is 0.212 e. The van der Waals surface area contributed by atoms with Crippen LogP contribution < -0.4 is 5.32 Å². The Morgan fingerprint density at radius 3 is 3.12 bits per heavy atom. The first-order chi connectivity index (χ1) is 7.84. The molecule has 0 aromatic carbocycles. The molecular formula is C13H15FN2. The Morgan fingerprint density at radius 1 is 1.38 bits per heavy atom. The molecule has 2 atom stereocenters. The van der Waals surface area contributed by atoms with Crippen molar-refractivity contribution in [2.45, 2.75) is 12.8 Å². The Balaban J connectivity index is 1.87. The first-order valence-corrected chi connectivity index (χ1v) is 5.87. The van der Waals surface area contributed by atoms with Gasteiger partial charge >= 0.3 is 0 Å². The van der Waals surface area contributed by atoms with Crippen LogP contribution in [0.4, 0.5) is 4.39 Å². The maximum absolute atomic E-state index is 12.8. The van der Waals surface area contributed by atoms with Gasteiger partial charge in [-0.1, -0.05) is 6.08 Å². The number of nitrogens with one attached hydrogen (secondary N) is 1. The molecule has 1 fully saturated rings. The molecule has 3 heteroatoms. The van der Waals surface area contributed by atoms with Gasteiger partial charge < -0.3 is 5.32 Å². The number of allylic oxidation sites excluding steroid dienone is 1. The number of pyridine rings is 1. The van der Waals surface area contributed by atoms with Crippen LogP contribution in [0.25, 0.3) is 5.57 Å². The third-order valence-corrected chi connectivity index (χ3v) is 3.73. The summed E-state index contributed by atoms with van der Waals surface area (Å²) >= 11 is 0. The molecule has 0 radical (unpaired) electrons. The Hall–Kier alpha value is -1.22. The maximum atomic E-state index is 12.8. The van der Waals surface area contributed by atoms with Gasteiger partial charge in [-0.15, -0.1) is 0 Å². The van der Waals surface area contributed by atoms with Gasteiger partial charge in [0.25, 0.3) is 0 Å². The molecule has 84 valence electrons. The van der Waals surface area contributed by atoms with Gasteiger partial charge in [-0.2, -0.15) is 4.39 Å². The van der Waals surface area contributed by atoms with Crippen LogP contribution in [0.1, 0.15) is 18.4 Å². The summed E-state index contributed by atoms with van der Waals surface area (Å²) in [6.45, 7) is 2.18. The summed E-state index contributed by atoms with van der Waals surface area (Å²) in [4.78, 5) is 3.73. The highest BCUT2D eigenvalue weighted by atomic mass is 19.1. The molecule has 1 aliphatic heterocycles. The van der Waals surface area contributed by atoms with Gasteiger partial charge in [-0.25, -0.2) is 4.98 Å². The fraction of sp³-hybridized carbons (Fsp3) is 0.462. The number of halogens is 1. The number of hydrogen-bond donors (Lipinski definition) is 1.